The number of ether oxygens (including phenoxy) is 2. The summed E-state index contributed by atoms with van der Waals surface area (Å²) in [5, 5.41) is 0. The molecule has 0 radical (unpaired) electrons. The van der Waals surface area contributed by atoms with Crippen molar-refractivity contribution < 1.29 is 28.7 Å². The van der Waals surface area contributed by atoms with Crippen LogP contribution in [0.15, 0.2) is 70.0 Å². The molecule has 0 unspecified atom stereocenters. The molecule has 2 aromatic rings. The SMILES string of the molecule is CC(=O)O[C@@H]1CC(=O)O[C@@H]1C1=C(Sc2ccccc2)C(=O)c2ccccc2C1=O. The zero-order valence-corrected chi connectivity index (χ0v) is 16.2. The molecule has 4 rings (SSSR count). The lowest BCUT2D eigenvalue weighted by Crippen LogP contribution is -2.35. The minimum atomic E-state index is -1.12. The Labute approximate surface area is 170 Å². The zero-order valence-electron chi connectivity index (χ0n) is 15.4. The molecule has 7 heteroatoms. The van der Waals surface area contributed by atoms with Crippen molar-refractivity contribution in [3.63, 3.8) is 0 Å². The van der Waals surface area contributed by atoms with Crippen LogP contribution in [-0.2, 0) is 19.1 Å². The van der Waals surface area contributed by atoms with Gasteiger partial charge in [0.05, 0.1) is 16.9 Å². The van der Waals surface area contributed by atoms with Crippen molar-refractivity contribution in [3.8, 4) is 0 Å². The smallest absolute Gasteiger partial charge is 0.310 e. The molecule has 6 nitrogen and oxygen atoms in total. The number of cyclic esters (lactones) is 1. The number of Topliss-reactive ketones (excluding diaryl/α,β-unsaturated/α-hetero) is 2. The molecular formula is C22H16O6S. The van der Waals surface area contributed by atoms with E-state index in [1.54, 1.807) is 24.3 Å². The van der Waals surface area contributed by atoms with E-state index in [-0.39, 0.29) is 28.2 Å². The third kappa shape index (κ3) is 3.61. The fourth-order valence-electron chi connectivity index (χ4n) is 3.44. The van der Waals surface area contributed by atoms with Crippen LogP contribution in [0.1, 0.15) is 34.1 Å². The fourth-order valence-corrected chi connectivity index (χ4v) is 4.49. The lowest BCUT2D eigenvalue weighted by molar-refractivity contribution is -0.149. The number of hydrogen-bond acceptors (Lipinski definition) is 7. The van der Waals surface area contributed by atoms with Gasteiger partial charge in [-0.15, -0.1) is 0 Å². The number of carbonyl (C=O) groups is 4. The van der Waals surface area contributed by atoms with E-state index in [9.17, 15) is 19.2 Å². The van der Waals surface area contributed by atoms with Crippen LogP contribution >= 0.6 is 11.8 Å². The van der Waals surface area contributed by atoms with E-state index in [4.69, 9.17) is 9.47 Å². The van der Waals surface area contributed by atoms with Gasteiger partial charge in [-0.25, -0.2) is 0 Å². The minimum Gasteiger partial charge on any atom is -0.458 e. The first-order valence-electron chi connectivity index (χ1n) is 8.98. The Kier molecular flexibility index (Phi) is 5.07. The third-order valence-corrected chi connectivity index (χ3v) is 5.76. The van der Waals surface area contributed by atoms with E-state index < -0.39 is 29.9 Å². The Morgan fingerprint density at radius 3 is 2.24 bits per heavy atom. The molecule has 1 fully saturated rings. The highest BCUT2D eigenvalue weighted by molar-refractivity contribution is 8.04. The van der Waals surface area contributed by atoms with Crippen molar-refractivity contribution in [1.29, 1.82) is 0 Å². The second-order valence-electron chi connectivity index (χ2n) is 6.62. The molecule has 1 aliphatic heterocycles. The number of rotatable bonds is 4. The van der Waals surface area contributed by atoms with E-state index in [0.29, 0.717) is 5.56 Å². The van der Waals surface area contributed by atoms with Crippen molar-refractivity contribution in [2.45, 2.75) is 30.4 Å². The average Bonchev–Trinajstić information content (AvgIpc) is 3.06. The van der Waals surface area contributed by atoms with Crippen LogP contribution in [0.4, 0.5) is 0 Å². The molecule has 1 heterocycles. The molecule has 0 bridgehead atoms. The van der Waals surface area contributed by atoms with Crippen molar-refractivity contribution in [3.05, 3.63) is 76.2 Å². The monoisotopic (exact) mass is 408 g/mol. The van der Waals surface area contributed by atoms with Gasteiger partial charge in [0.15, 0.2) is 18.0 Å². The summed E-state index contributed by atoms with van der Waals surface area (Å²) in [5.74, 6) is -1.91. The summed E-state index contributed by atoms with van der Waals surface area (Å²) in [4.78, 5) is 51.0. The van der Waals surface area contributed by atoms with E-state index in [1.807, 2.05) is 30.3 Å². The van der Waals surface area contributed by atoms with Crippen molar-refractivity contribution in [1.82, 2.24) is 0 Å². The highest BCUT2D eigenvalue weighted by Crippen LogP contribution is 2.41. The molecule has 29 heavy (non-hydrogen) atoms. The number of esters is 2. The van der Waals surface area contributed by atoms with Crippen LogP contribution < -0.4 is 0 Å². The second kappa shape index (κ2) is 7.67. The van der Waals surface area contributed by atoms with Gasteiger partial charge in [-0.05, 0) is 12.1 Å². The summed E-state index contributed by atoms with van der Waals surface area (Å²) in [6, 6.07) is 15.6. The van der Waals surface area contributed by atoms with E-state index in [0.717, 1.165) is 16.7 Å². The molecular weight excluding hydrogens is 392 g/mol. The van der Waals surface area contributed by atoms with Crippen molar-refractivity contribution in [2.24, 2.45) is 0 Å². The maximum absolute atomic E-state index is 13.3. The van der Waals surface area contributed by atoms with Gasteiger partial charge in [0.1, 0.15) is 0 Å². The normalized spacial score (nSPS) is 21.1. The number of carbonyl (C=O) groups excluding carboxylic acids is 4. The fraction of sp³-hybridized carbons (Fsp3) is 0.182. The van der Waals surface area contributed by atoms with Crippen LogP contribution in [0.25, 0.3) is 0 Å². The summed E-state index contributed by atoms with van der Waals surface area (Å²) >= 11 is 1.13. The Morgan fingerprint density at radius 2 is 1.59 bits per heavy atom. The number of ketones is 2. The number of fused-ring (bicyclic) bond motifs is 1. The summed E-state index contributed by atoms with van der Waals surface area (Å²) in [6.45, 7) is 1.22. The molecule has 1 saturated heterocycles. The Bertz CT molecular complexity index is 1060. The van der Waals surface area contributed by atoms with Gasteiger partial charge in [0.2, 0.25) is 5.78 Å². The molecule has 1 aliphatic carbocycles. The van der Waals surface area contributed by atoms with Crippen LogP contribution in [-0.4, -0.2) is 35.7 Å². The van der Waals surface area contributed by atoms with Crippen molar-refractivity contribution >= 4 is 35.3 Å². The molecule has 0 aromatic heterocycles. The van der Waals surface area contributed by atoms with Gasteiger partial charge in [0.25, 0.3) is 0 Å². The molecule has 0 N–H and O–H groups in total. The first-order chi connectivity index (χ1) is 14.0. The summed E-state index contributed by atoms with van der Waals surface area (Å²) in [5.41, 5.74) is 0.599. The molecule has 2 aromatic carbocycles. The van der Waals surface area contributed by atoms with Crippen LogP contribution in [0.5, 0.6) is 0 Å². The Balaban J connectivity index is 1.85. The quantitative estimate of drug-likeness (QED) is 0.717. The predicted molar refractivity (Wildman–Crippen MR) is 104 cm³/mol. The number of allylic oxidation sites excluding steroid dienone is 1. The highest BCUT2D eigenvalue weighted by Gasteiger charge is 2.46. The second-order valence-corrected chi connectivity index (χ2v) is 7.71. The van der Waals surface area contributed by atoms with E-state index >= 15 is 0 Å². The largest absolute Gasteiger partial charge is 0.458 e. The van der Waals surface area contributed by atoms with Crippen molar-refractivity contribution in [2.75, 3.05) is 0 Å². The number of hydrogen-bond donors (Lipinski definition) is 0. The van der Waals surface area contributed by atoms with Gasteiger partial charge < -0.3 is 9.47 Å². The van der Waals surface area contributed by atoms with E-state index in [2.05, 4.69) is 0 Å². The average molecular weight is 408 g/mol. The summed E-state index contributed by atoms with van der Waals surface area (Å²) in [7, 11) is 0. The number of thioether (sulfide) groups is 1. The molecule has 0 spiro atoms. The lowest BCUT2D eigenvalue weighted by Gasteiger charge is -2.26. The summed E-state index contributed by atoms with van der Waals surface area (Å²) < 4.78 is 10.6. The lowest BCUT2D eigenvalue weighted by atomic mass is 9.85. The van der Waals surface area contributed by atoms with Gasteiger partial charge in [-0.3, -0.25) is 19.2 Å². The topological polar surface area (TPSA) is 86.7 Å². The number of benzene rings is 2. The summed E-state index contributed by atoms with van der Waals surface area (Å²) in [6.07, 6.45) is -2.24. The first kappa shape index (κ1) is 19.1. The molecule has 2 aliphatic rings. The molecule has 2 atom stereocenters. The first-order valence-corrected chi connectivity index (χ1v) is 9.79. The highest BCUT2D eigenvalue weighted by atomic mass is 32.2. The standard InChI is InChI=1S/C22H16O6S/c1-12(23)27-16-11-17(24)28-21(16)18-19(25)14-9-5-6-10-15(14)20(26)22(18)29-13-7-3-2-4-8-13/h2-10,16,21H,11H2,1H3/t16-,21+/m1/s1. The Hall–Kier alpha value is -3.19. The molecule has 0 amide bonds. The van der Waals surface area contributed by atoms with Gasteiger partial charge >= 0.3 is 11.9 Å². The Morgan fingerprint density at radius 1 is 0.966 bits per heavy atom. The van der Waals surface area contributed by atoms with Crippen LogP contribution in [0.2, 0.25) is 0 Å². The molecule has 0 saturated carbocycles. The van der Waals surface area contributed by atoms with Gasteiger partial charge in [-0.2, -0.15) is 0 Å². The maximum Gasteiger partial charge on any atom is 0.310 e. The maximum atomic E-state index is 13.3. The van der Waals surface area contributed by atoms with Gasteiger partial charge in [-0.1, -0.05) is 54.2 Å². The van der Waals surface area contributed by atoms with E-state index in [1.165, 1.54) is 6.92 Å². The van der Waals surface area contributed by atoms with Crippen LogP contribution in [0, 0.1) is 0 Å². The minimum absolute atomic E-state index is 0.0552. The van der Waals surface area contributed by atoms with Crippen LogP contribution in [0.3, 0.4) is 0 Å². The zero-order chi connectivity index (χ0) is 20.5. The predicted octanol–water partition coefficient (Wildman–Crippen LogP) is 3.36. The molecule has 146 valence electrons. The third-order valence-electron chi connectivity index (χ3n) is 4.64. The van der Waals surface area contributed by atoms with Gasteiger partial charge in [0, 0.05) is 22.9 Å².